The summed E-state index contributed by atoms with van der Waals surface area (Å²) in [6, 6.07) is 17.2. The number of anilines is 5. The lowest BCUT2D eigenvalue weighted by Crippen LogP contribution is -2.47. The van der Waals surface area contributed by atoms with E-state index < -0.39 is 0 Å². The normalized spacial score (nSPS) is 14.0. The van der Waals surface area contributed by atoms with Crippen molar-refractivity contribution < 1.29 is 0 Å². The van der Waals surface area contributed by atoms with Crippen LogP contribution in [0, 0.1) is 20.8 Å². The Morgan fingerprint density at radius 3 is 2.10 bits per heavy atom. The van der Waals surface area contributed by atoms with E-state index >= 15 is 0 Å². The molecule has 1 aliphatic rings. The van der Waals surface area contributed by atoms with Gasteiger partial charge in [0.25, 0.3) is 0 Å². The number of nitrogens with zero attached hydrogens (tertiary/aromatic N) is 5. The van der Waals surface area contributed by atoms with E-state index in [0.29, 0.717) is 0 Å². The average molecular weight is 417 g/mol. The van der Waals surface area contributed by atoms with E-state index in [2.05, 4.69) is 78.4 Å². The summed E-state index contributed by atoms with van der Waals surface area (Å²) in [6.07, 6.45) is 0. The van der Waals surface area contributed by atoms with Crippen LogP contribution < -0.4 is 20.0 Å². The largest absolute Gasteiger partial charge is 0.368 e. The van der Waals surface area contributed by atoms with Gasteiger partial charge in [0, 0.05) is 57.7 Å². The van der Waals surface area contributed by atoms with Crippen molar-refractivity contribution in [2.24, 2.45) is 0 Å². The van der Waals surface area contributed by atoms with Crippen LogP contribution in [0.25, 0.3) is 0 Å². The molecule has 6 nitrogen and oxygen atoms in total. The van der Waals surface area contributed by atoms with Crippen molar-refractivity contribution in [2.75, 3.05) is 60.3 Å². The van der Waals surface area contributed by atoms with Gasteiger partial charge < -0.3 is 20.0 Å². The predicted molar refractivity (Wildman–Crippen MR) is 131 cm³/mol. The molecule has 31 heavy (non-hydrogen) atoms. The topological polar surface area (TPSA) is 47.5 Å². The molecule has 0 saturated carbocycles. The number of rotatable bonds is 5. The minimum Gasteiger partial charge on any atom is -0.368 e. The Balaban J connectivity index is 1.52. The van der Waals surface area contributed by atoms with Gasteiger partial charge in [-0.15, -0.1) is 0 Å². The Morgan fingerprint density at radius 2 is 1.45 bits per heavy atom. The van der Waals surface area contributed by atoms with E-state index in [1.807, 2.05) is 25.1 Å². The van der Waals surface area contributed by atoms with Gasteiger partial charge in [-0.1, -0.05) is 23.8 Å². The van der Waals surface area contributed by atoms with E-state index in [1.54, 1.807) is 0 Å². The van der Waals surface area contributed by atoms with E-state index in [0.717, 1.165) is 49.5 Å². The van der Waals surface area contributed by atoms with Crippen LogP contribution >= 0.6 is 0 Å². The lowest BCUT2D eigenvalue weighted by molar-refractivity contribution is 0.640. The Bertz CT molecular complexity index is 1040. The summed E-state index contributed by atoms with van der Waals surface area (Å²) in [5.41, 5.74) is 6.17. The highest BCUT2D eigenvalue weighted by molar-refractivity contribution is 5.63. The molecule has 0 aliphatic carbocycles. The molecule has 0 amide bonds. The zero-order valence-electron chi connectivity index (χ0n) is 19.2. The number of hydrogen-bond acceptors (Lipinski definition) is 6. The first-order valence-electron chi connectivity index (χ1n) is 10.9. The zero-order chi connectivity index (χ0) is 22.0. The molecule has 1 fully saturated rings. The second-order valence-corrected chi connectivity index (χ2v) is 8.54. The van der Waals surface area contributed by atoms with Crippen molar-refractivity contribution in [1.82, 2.24) is 9.97 Å². The first-order chi connectivity index (χ1) is 14.9. The zero-order valence-corrected chi connectivity index (χ0v) is 19.2. The van der Waals surface area contributed by atoms with E-state index in [-0.39, 0.29) is 0 Å². The van der Waals surface area contributed by atoms with Crippen molar-refractivity contribution in [2.45, 2.75) is 20.8 Å². The lowest BCUT2D eigenvalue weighted by atomic mass is 10.1. The van der Waals surface area contributed by atoms with Crippen LogP contribution in [-0.4, -0.2) is 50.2 Å². The summed E-state index contributed by atoms with van der Waals surface area (Å²) in [7, 11) is 4.03. The van der Waals surface area contributed by atoms with Gasteiger partial charge in [-0.2, -0.15) is 9.97 Å². The highest BCUT2D eigenvalue weighted by Gasteiger charge is 2.21. The van der Waals surface area contributed by atoms with Gasteiger partial charge in [-0.05, 0) is 56.2 Å². The molecule has 6 heteroatoms. The van der Waals surface area contributed by atoms with Crippen molar-refractivity contribution in [3.63, 3.8) is 0 Å². The van der Waals surface area contributed by atoms with Gasteiger partial charge in [-0.25, -0.2) is 0 Å². The smallest absolute Gasteiger partial charge is 0.229 e. The molecule has 162 valence electrons. The summed E-state index contributed by atoms with van der Waals surface area (Å²) in [6.45, 7) is 10.1. The highest BCUT2D eigenvalue weighted by Crippen LogP contribution is 2.25. The maximum absolute atomic E-state index is 4.85. The van der Waals surface area contributed by atoms with Gasteiger partial charge in [-0.3, -0.25) is 0 Å². The summed E-state index contributed by atoms with van der Waals surface area (Å²) in [4.78, 5) is 16.4. The van der Waals surface area contributed by atoms with Crippen LogP contribution in [0.5, 0.6) is 0 Å². The van der Waals surface area contributed by atoms with Crippen LogP contribution in [0.1, 0.15) is 16.7 Å². The lowest BCUT2D eigenvalue weighted by Gasteiger charge is -2.36. The minimum atomic E-state index is 0.779. The van der Waals surface area contributed by atoms with Crippen LogP contribution in [0.4, 0.5) is 29.0 Å². The SMILES string of the molecule is Cc1ccc(N2CCN(c3nc(Nc4ccc(C)c(C)c4)cc(N(C)C)n3)CC2)cc1. The molecule has 1 aliphatic heterocycles. The van der Waals surface area contributed by atoms with Crippen molar-refractivity contribution in [3.8, 4) is 0 Å². The third kappa shape index (κ3) is 4.90. The second kappa shape index (κ2) is 8.84. The van der Waals surface area contributed by atoms with Crippen molar-refractivity contribution in [1.29, 1.82) is 0 Å². The standard InChI is InChI=1S/C25H32N6/c1-18-6-10-22(11-7-18)30-12-14-31(15-13-30)25-27-23(17-24(28-25)29(4)5)26-21-9-8-19(2)20(3)16-21/h6-11,16-17H,12-15H2,1-5H3,(H,26,27,28). The molecular weight excluding hydrogens is 384 g/mol. The Labute approximate surface area is 185 Å². The maximum Gasteiger partial charge on any atom is 0.229 e. The van der Waals surface area contributed by atoms with Gasteiger partial charge >= 0.3 is 0 Å². The number of aromatic nitrogens is 2. The Hall–Kier alpha value is -3.28. The van der Waals surface area contributed by atoms with Gasteiger partial charge in [0.15, 0.2) is 0 Å². The van der Waals surface area contributed by atoms with Crippen molar-refractivity contribution >= 4 is 29.0 Å². The summed E-state index contributed by atoms with van der Waals surface area (Å²) in [5, 5.41) is 3.47. The summed E-state index contributed by atoms with van der Waals surface area (Å²) in [5.74, 6) is 2.50. The fourth-order valence-corrected chi connectivity index (χ4v) is 3.74. The van der Waals surface area contributed by atoms with Crippen molar-refractivity contribution in [3.05, 3.63) is 65.2 Å². The number of benzene rings is 2. The van der Waals surface area contributed by atoms with Gasteiger partial charge in [0.05, 0.1) is 0 Å². The Kier molecular flexibility index (Phi) is 5.98. The van der Waals surface area contributed by atoms with Gasteiger partial charge in [0.2, 0.25) is 5.95 Å². The predicted octanol–water partition coefficient (Wildman–Crippen LogP) is 4.54. The molecule has 1 N–H and O–H groups in total. The molecule has 0 radical (unpaired) electrons. The number of aryl methyl sites for hydroxylation is 3. The molecule has 0 bridgehead atoms. The average Bonchev–Trinajstić information content (AvgIpc) is 2.77. The number of hydrogen-bond donors (Lipinski definition) is 1. The first-order valence-corrected chi connectivity index (χ1v) is 10.9. The van der Waals surface area contributed by atoms with Crippen LogP contribution in [-0.2, 0) is 0 Å². The third-order valence-electron chi connectivity index (χ3n) is 5.90. The molecular formula is C25H32N6. The summed E-state index contributed by atoms with van der Waals surface area (Å²) >= 11 is 0. The van der Waals surface area contributed by atoms with Crippen LogP contribution in [0.2, 0.25) is 0 Å². The molecule has 1 aromatic heterocycles. The first kappa shape index (κ1) is 21.0. The highest BCUT2D eigenvalue weighted by atomic mass is 15.3. The van der Waals surface area contributed by atoms with Crippen LogP contribution in [0.15, 0.2) is 48.5 Å². The number of nitrogens with one attached hydrogen (secondary N) is 1. The monoisotopic (exact) mass is 416 g/mol. The quantitative estimate of drug-likeness (QED) is 0.659. The number of piperazine rings is 1. The molecule has 0 unspecified atom stereocenters. The fourth-order valence-electron chi connectivity index (χ4n) is 3.74. The summed E-state index contributed by atoms with van der Waals surface area (Å²) < 4.78 is 0. The molecule has 3 aromatic rings. The fraction of sp³-hybridized carbons (Fsp3) is 0.360. The molecule has 2 aromatic carbocycles. The molecule has 1 saturated heterocycles. The van der Waals surface area contributed by atoms with E-state index in [1.165, 1.54) is 22.4 Å². The van der Waals surface area contributed by atoms with E-state index in [9.17, 15) is 0 Å². The molecule has 4 rings (SSSR count). The second-order valence-electron chi connectivity index (χ2n) is 8.54. The van der Waals surface area contributed by atoms with E-state index in [4.69, 9.17) is 9.97 Å². The Morgan fingerprint density at radius 1 is 0.774 bits per heavy atom. The molecule has 0 atom stereocenters. The van der Waals surface area contributed by atoms with Crippen LogP contribution in [0.3, 0.4) is 0 Å². The maximum atomic E-state index is 4.85. The van der Waals surface area contributed by atoms with Gasteiger partial charge in [0.1, 0.15) is 11.6 Å². The third-order valence-corrected chi connectivity index (χ3v) is 5.90. The molecule has 2 heterocycles. The molecule has 0 spiro atoms. The minimum absolute atomic E-state index is 0.779.